The van der Waals surface area contributed by atoms with E-state index in [4.69, 9.17) is 16.0 Å². The van der Waals surface area contributed by atoms with Gasteiger partial charge in [0.1, 0.15) is 5.76 Å². The van der Waals surface area contributed by atoms with Gasteiger partial charge < -0.3 is 9.73 Å². The third kappa shape index (κ3) is 5.09. The average molecular weight is 371 g/mol. The number of benzene rings is 1. The number of carbonyl (C=O) groups is 1. The van der Waals surface area contributed by atoms with Crippen LogP contribution in [0.3, 0.4) is 0 Å². The van der Waals surface area contributed by atoms with Crippen LogP contribution in [-0.4, -0.2) is 38.8 Å². The molecule has 0 fully saturated rings. The molecule has 1 heterocycles. The fourth-order valence-corrected chi connectivity index (χ4v) is 3.33. The first-order valence-corrected chi connectivity index (χ1v) is 9.22. The van der Waals surface area contributed by atoms with E-state index in [1.807, 2.05) is 12.1 Å². The molecule has 8 heteroatoms. The molecular formula is C16H19ClN2O4S. The molecular weight excluding hydrogens is 352 g/mol. The molecule has 0 aliphatic heterocycles. The lowest BCUT2D eigenvalue weighted by Crippen LogP contribution is -2.38. The summed E-state index contributed by atoms with van der Waals surface area (Å²) in [5.41, 5.74) is 0. The quantitative estimate of drug-likeness (QED) is 0.723. The van der Waals surface area contributed by atoms with Crippen molar-refractivity contribution in [3.8, 4) is 0 Å². The van der Waals surface area contributed by atoms with Crippen LogP contribution in [0.1, 0.15) is 12.2 Å². The van der Waals surface area contributed by atoms with Gasteiger partial charge in [-0.25, -0.2) is 8.42 Å². The van der Waals surface area contributed by atoms with E-state index in [0.717, 1.165) is 10.1 Å². The molecule has 0 unspecified atom stereocenters. The normalized spacial score (nSPS) is 11.6. The van der Waals surface area contributed by atoms with Crippen LogP contribution in [0, 0.1) is 0 Å². The van der Waals surface area contributed by atoms with Gasteiger partial charge in [0, 0.05) is 25.0 Å². The first kappa shape index (κ1) is 18.5. The number of carbonyl (C=O) groups excluding carboxylic acids is 1. The van der Waals surface area contributed by atoms with Crippen LogP contribution >= 0.6 is 11.6 Å². The fraction of sp³-hybridized carbons (Fsp3) is 0.312. The Hall–Kier alpha value is -1.83. The van der Waals surface area contributed by atoms with Gasteiger partial charge in [0.25, 0.3) is 0 Å². The molecule has 0 aliphatic carbocycles. The second-order valence-corrected chi connectivity index (χ2v) is 7.73. The fourth-order valence-electron chi connectivity index (χ4n) is 2.07. The van der Waals surface area contributed by atoms with Crippen molar-refractivity contribution in [3.63, 3.8) is 0 Å². The van der Waals surface area contributed by atoms with E-state index in [1.165, 1.54) is 31.3 Å². The van der Waals surface area contributed by atoms with E-state index in [1.54, 1.807) is 6.26 Å². The first-order valence-electron chi connectivity index (χ1n) is 7.40. The minimum absolute atomic E-state index is 0.0972. The second kappa shape index (κ2) is 8.32. The summed E-state index contributed by atoms with van der Waals surface area (Å²) < 4.78 is 30.9. The molecule has 0 bridgehead atoms. The number of sulfonamides is 1. The van der Waals surface area contributed by atoms with Crippen LogP contribution in [0.15, 0.2) is 52.0 Å². The Morgan fingerprint density at radius 2 is 1.96 bits per heavy atom. The highest BCUT2D eigenvalue weighted by Crippen LogP contribution is 2.17. The highest BCUT2D eigenvalue weighted by molar-refractivity contribution is 7.89. The predicted octanol–water partition coefficient (Wildman–Crippen LogP) is 2.30. The zero-order valence-corrected chi connectivity index (χ0v) is 14.8. The van der Waals surface area contributed by atoms with Crippen molar-refractivity contribution >= 4 is 27.5 Å². The number of amides is 1. The van der Waals surface area contributed by atoms with Crippen molar-refractivity contribution in [2.24, 2.45) is 0 Å². The third-order valence-electron chi connectivity index (χ3n) is 3.39. The topological polar surface area (TPSA) is 79.6 Å². The van der Waals surface area contributed by atoms with Crippen LogP contribution in [0.2, 0.25) is 5.02 Å². The van der Waals surface area contributed by atoms with Crippen LogP contribution < -0.4 is 5.32 Å². The summed E-state index contributed by atoms with van der Waals surface area (Å²) in [5.74, 6) is 0.501. The van der Waals surface area contributed by atoms with Gasteiger partial charge >= 0.3 is 0 Å². The lowest BCUT2D eigenvalue weighted by molar-refractivity contribution is -0.121. The van der Waals surface area contributed by atoms with Crippen molar-refractivity contribution < 1.29 is 17.6 Å². The lowest BCUT2D eigenvalue weighted by atomic mass is 10.2. The first-order chi connectivity index (χ1) is 11.4. The molecule has 1 aromatic carbocycles. The maximum atomic E-state index is 12.4. The minimum atomic E-state index is -3.72. The number of furan rings is 1. The summed E-state index contributed by atoms with van der Waals surface area (Å²) in [7, 11) is -2.35. The van der Waals surface area contributed by atoms with Crippen LogP contribution in [-0.2, 0) is 21.2 Å². The maximum Gasteiger partial charge on any atom is 0.243 e. The molecule has 0 saturated carbocycles. The molecule has 130 valence electrons. The standard InChI is InChI=1S/C16H19ClN2O4S/c1-19(24(21,22)15-8-6-13(17)7-9-15)12-16(20)18-10-2-4-14-5-3-11-23-14/h3,5-9,11H,2,4,10,12H2,1H3,(H,18,20). The van der Waals surface area contributed by atoms with Gasteiger partial charge in [0.15, 0.2) is 0 Å². The molecule has 0 spiro atoms. The number of hydrogen-bond donors (Lipinski definition) is 1. The second-order valence-electron chi connectivity index (χ2n) is 5.25. The highest BCUT2D eigenvalue weighted by Gasteiger charge is 2.22. The van der Waals surface area contributed by atoms with Gasteiger partial charge in [-0.3, -0.25) is 4.79 Å². The van der Waals surface area contributed by atoms with E-state index in [2.05, 4.69) is 5.32 Å². The number of rotatable bonds is 8. The molecule has 1 amide bonds. The zero-order chi connectivity index (χ0) is 17.6. The van der Waals surface area contributed by atoms with Crippen molar-refractivity contribution in [3.05, 3.63) is 53.4 Å². The molecule has 24 heavy (non-hydrogen) atoms. The van der Waals surface area contributed by atoms with E-state index >= 15 is 0 Å². The number of nitrogens with one attached hydrogen (secondary N) is 1. The van der Waals surface area contributed by atoms with Gasteiger partial charge in [0.05, 0.1) is 17.7 Å². The molecule has 0 aliphatic rings. The Morgan fingerprint density at radius 1 is 1.25 bits per heavy atom. The Labute approximate surface area is 146 Å². The lowest BCUT2D eigenvalue weighted by Gasteiger charge is -2.17. The van der Waals surface area contributed by atoms with Gasteiger partial charge in [-0.05, 0) is 42.8 Å². The molecule has 2 rings (SSSR count). The van der Waals surface area contributed by atoms with E-state index in [0.29, 0.717) is 24.4 Å². The Morgan fingerprint density at radius 3 is 2.58 bits per heavy atom. The van der Waals surface area contributed by atoms with Crippen LogP contribution in [0.5, 0.6) is 0 Å². The largest absolute Gasteiger partial charge is 0.469 e. The van der Waals surface area contributed by atoms with E-state index < -0.39 is 10.0 Å². The average Bonchev–Trinajstić information content (AvgIpc) is 3.05. The SMILES string of the molecule is CN(CC(=O)NCCCc1ccco1)S(=O)(=O)c1ccc(Cl)cc1. The predicted molar refractivity (Wildman–Crippen MR) is 91.3 cm³/mol. The maximum absolute atomic E-state index is 12.4. The summed E-state index contributed by atoms with van der Waals surface area (Å²) in [4.78, 5) is 12.0. The summed E-state index contributed by atoms with van der Waals surface area (Å²) in [5, 5.41) is 3.15. The van der Waals surface area contributed by atoms with Gasteiger partial charge in [-0.15, -0.1) is 0 Å². The molecule has 0 atom stereocenters. The van der Waals surface area contributed by atoms with Gasteiger partial charge in [-0.2, -0.15) is 4.31 Å². The van der Waals surface area contributed by atoms with E-state index in [9.17, 15) is 13.2 Å². The van der Waals surface area contributed by atoms with Crippen molar-refractivity contribution in [1.82, 2.24) is 9.62 Å². The summed E-state index contributed by atoms with van der Waals surface area (Å²) in [6.07, 6.45) is 3.03. The van der Waals surface area contributed by atoms with Crippen molar-refractivity contribution in [2.75, 3.05) is 20.1 Å². The van der Waals surface area contributed by atoms with Crippen molar-refractivity contribution in [2.45, 2.75) is 17.7 Å². The van der Waals surface area contributed by atoms with Crippen LogP contribution in [0.25, 0.3) is 0 Å². The Kier molecular flexibility index (Phi) is 6.42. The number of nitrogens with zero attached hydrogens (tertiary/aromatic N) is 1. The summed E-state index contributed by atoms with van der Waals surface area (Å²) in [6.45, 7) is 0.208. The molecule has 1 N–H and O–H groups in total. The van der Waals surface area contributed by atoms with Crippen molar-refractivity contribution in [1.29, 1.82) is 0 Å². The number of aryl methyl sites for hydroxylation is 1. The summed E-state index contributed by atoms with van der Waals surface area (Å²) >= 11 is 5.75. The smallest absolute Gasteiger partial charge is 0.243 e. The highest BCUT2D eigenvalue weighted by atomic mass is 35.5. The van der Waals surface area contributed by atoms with E-state index in [-0.39, 0.29) is 17.3 Å². The minimum Gasteiger partial charge on any atom is -0.469 e. The Bertz CT molecular complexity index is 758. The summed E-state index contributed by atoms with van der Waals surface area (Å²) in [6, 6.07) is 9.50. The number of likely N-dealkylation sites (N-methyl/N-ethyl adjacent to an activating group) is 1. The molecule has 6 nitrogen and oxygen atoms in total. The monoisotopic (exact) mass is 370 g/mol. The molecule has 1 aromatic heterocycles. The number of hydrogen-bond acceptors (Lipinski definition) is 4. The van der Waals surface area contributed by atoms with Gasteiger partial charge in [0.2, 0.25) is 15.9 Å². The number of halogens is 1. The molecule has 0 radical (unpaired) electrons. The van der Waals surface area contributed by atoms with Gasteiger partial charge in [-0.1, -0.05) is 11.6 Å². The Balaban J connectivity index is 1.80. The molecule has 0 saturated heterocycles. The molecule has 2 aromatic rings. The third-order valence-corrected chi connectivity index (χ3v) is 5.46. The van der Waals surface area contributed by atoms with Crippen LogP contribution in [0.4, 0.5) is 0 Å². The zero-order valence-electron chi connectivity index (χ0n) is 13.2.